The van der Waals surface area contributed by atoms with Gasteiger partial charge in [-0.1, -0.05) is 6.07 Å². The first-order valence-electron chi connectivity index (χ1n) is 6.61. The molecule has 1 aliphatic rings. The van der Waals surface area contributed by atoms with Gasteiger partial charge in [0.1, 0.15) is 5.82 Å². The van der Waals surface area contributed by atoms with Crippen molar-refractivity contribution in [3.05, 3.63) is 30.1 Å². The van der Waals surface area contributed by atoms with Crippen LogP contribution in [0.4, 0.5) is 10.1 Å². The third kappa shape index (κ3) is 4.21. The van der Waals surface area contributed by atoms with Gasteiger partial charge in [0.25, 0.3) is 0 Å². The van der Waals surface area contributed by atoms with E-state index in [-0.39, 0.29) is 18.3 Å². The molecule has 19 heavy (non-hydrogen) atoms. The van der Waals surface area contributed by atoms with Crippen molar-refractivity contribution in [2.45, 2.75) is 25.3 Å². The molecule has 0 aromatic heterocycles. The van der Waals surface area contributed by atoms with Gasteiger partial charge in [0.15, 0.2) is 0 Å². The molecule has 104 valence electrons. The number of hydrogen-bond donors (Lipinski definition) is 2. The molecule has 1 unspecified atom stereocenters. The van der Waals surface area contributed by atoms with E-state index in [1.165, 1.54) is 12.1 Å². The number of anilines is 1. The molecule has 0 bridgehead atoms. The van der Waals surface area contributed by atoms with Crippen molar-refractivity contribution in [1.82, 2.24) is 5.32 Å². The van der Waals surface area contributed by atoms with Gasteiger partial charge in [-0.2, -0.15) is 0 Å². The molecule has 1 aromatic rings. The number of benzene rings is 1. The van der Waals surface area contributed by atoms with E-state index in [2.05, 4.69) is 10.2 Å². The average Bonchev–Trinajstić information content (AvgIpc) is 2.62. The molecular weight excluding hydrogens is 247 g/mol. The summed E-state index contributed by atoms with van der Waals surface area (Å²) in [6, 6.07) is 6.70. The lowest BCUT2D eigenvalue weighted by molar-refractivity contribution is -0.137. The van der Waals surface area contributed by atoms with Crippen LogP contribution in [0.15, 0.2) is 24.3 Å². The highest BCUT2D eigenvalue weighted by Gasteiger charge is 2.18. The molecule has 2 N–H and O–H groups in total. The van der Waals surface area contributed by atoms with Gasteiger partial charge in [-0.15, -0.1) is 0 Å². The summed E-state index contributed by atoms with van der Waals surface area (Å²) < 4.78 is 13.3. The molecule has 2 rings (SSSR count). The van der Waals surface area contributed by atoms with E-state index in [0.717, 1.165) is 31.7 Å². The molecule has 0 aliphatic carbocycles. The van der Waals surface area contributed by atoms with Crippen LogP contribution in [0, 0.1) is 5.82 Å². The van der Waals surface area contributed by atoms with Crippen LogP contribution in [0.3, 0.4) is 0 Å². The monoisotopic (exact) mass is 266 g/mol. The van der Waals surface area contributed by atoms with Crippen LogP contribution in [0.1, 0.15) is 19.3 Å². The van der Waals surface area contributed by atoms with Gasteiger partial charge in [-0.05, 0) is 37.6 Å². The van der Waals surface area contributed by atoms with Crippen molar-refractivity contribution in [3.63, 3.8) is 0 Å². The minimum Gasteiger partial charge on any atom is -0.481 e. The summed E-state index contributed by atoms with van der Waals surface area (Å²) in [5, 5.41) is 12.1. The normalized spacial score (nSPS) is 20.1. The van der Waals surface area contributed by atoms with Crippen LogP contribution in [-0.2, 0) is 4.79 Å². The highest BCUT2D eigenvalue weighted by atomic mass is 19.1. The van der Waals surface area contributed by atoms with Crippen LogP contribution in [-0.4, -0.2) is 36.8 Å². The Morgan fingerprint density at radius 1 is 1.53 bits per heavy atom. The molecule has 0 spiro atoms. The average molecular weight is 266 g/mol. The molecule has 1 aromatic carbocycles. The van der Waals surface area contributed by atoms with Crippen molar-refractivity contribution in [1.29, 1.82) is 0 Å². The third-order valence-corrected chi connectivity index (χ3v) is 3.36. The smallest absolute Gasteiger partial charge is 0.303 e. The Kier molecular flexibility index (Phi) is 4.74. The van der Waals surface area contributed by atoms with Gasteiger partial charge in [0, 0.05) is 31.2 Å². The highest BCUT2D eigenvalue weighted by Crippen LogP contribution is 2.18. The number of nitrogens with one attached hydrogen (secondary N) is 1. The lowest BCUT2D eigenvalue weighted by Gasteiger charge is -2.26. The van der Waals surface area contributed by atoms with Gasteiger partial charge in [-0.25, -0.2) is 4.39 Å². The summed E-state index contributed by atoms with van der Waals surface area (Å²) in [6.45, 7) is 2.45. The Bertz CT molecular complexity index is 439. The second-order valence-corrected chi connectivity index (χ2v) is 4.86. The predicted molar refractivity (Wildman–Crippen MR) is 71.9 cm³/mol. The Hall–Kier alpha value is -1.62. The maximum Gasteiger partial charge on any atom is 0.303 e. The van der Waals surface area contributed by atoms with Crippen molar-refractivity contribution in [2.24, 2.45) is 0 Å². The van der Waals surface area contributed by atoms with E-state index >= 15 is 0 Å². The minimum absolute atomic E-state index is 0.141. The second kappa shape index (κ2) is 6.52. The molecule has 1 aliphatic heterocycles. The maximum absolute atomic E-state index is 13.3. The van der Waals surface area contributed by atoms with E-state index in [1.54, 1.807) is 6.07 Å². The second-order valence-electron chi connectivity index (χ2n) is 4.86. The topological polar surface area (TPSA) is 52.6 Å². The molecular formula is C14H19FN2O2. The van der Waals surface area contributed by atoms with E-state index in [0.29, 0.717) is 6.42 Å². The molecule has 5 heteroatoms. The van der Waals surface area contributed by atoms with E-state index < -0.39 is 5.97 Å². The number of halogens is 1. The van der Waals surface area contributed by atoms with Crippen LogP contribution < -0.4 is 10.2 Å². The van der Waals surface area contributed by atoms with E-state index in [4.69, 9.17) is 5.11 Å². The Morgan fingerprint density at radius 2 is 2.37 bits per heavy atom. The molecule has 1 heterocycles. The number of carbonyl (C=O) groups is 1. The molecule has 0 amide bonds. The van der Waals surface area contributed by atoms with Crippen molar-refractivity contribution in [2.75, 3.05) is 24.5 Å². The number of rotatable bonds is 4. The molecule has 1 fully saturated rings. The molecule has 0 saturated carbocycles. The summed E-state index contributed by atoms with van der Waals surface area (Å²) in [5.74, 6) is -1.01. The summed E-state index contributed by atoms with van der Waals surface area (Å²) >= 11 is 0. The highest BCUT2D eigenvalue weighted by molar-refractivity contribution is 5.66. The number of nitrogens with zero attached hydrogens (tertiary/aromatic N) is 1. The zero-order chi connectivity index (χ0) is 13.7. The number of carboxylic acid groups (broad SMARTS) is 1. The minimum atomic E-state index is -0.775. The zero-order valence-electron chi connectivity index (χ0n) is 10.8. The first-order chi connectivity index (χ1) is 9.15. The number of hydrogen-bond acceptors (Lipinski definition) is 3. The standard InChI is InChI=1S/C14H19FN2O2/c15-11-3-1-4-13(9-11)17-8-2-7-16-12(10-17)5-6-14(18)19/h1,3-4,9,12,16H,2,5-8,10H2,(H,18,19). The lowest BCUT2D eigenvalue weighted by atomic mass is 10.1. The Labute approximate surface area is 112 Å². The van der Waals surface area contributed by atoms with Crippen LogP contribution in [0.25, 0.3) is 0 Å². The van der Waals surface area contributed by atoms with Crippen molar-refractivity contribution in [3.8, 4) is 0 Å². The predicted octanol–water partition coefficient (Wildman–Crippen LogP) is 1.86. The molecule has 4 nitrogen and oxygen atoms in total. The lowest BCUT2D eigenvalue weighted by Crippen LogP contribution is -2.38. The van der Waals surface area contributed by atoms with E-state index in [9.17, 15) is 9.18 Å². The fraction of sp³-hybridized carbons (Fsp3) is 0.500. The number of aliphatic carboxylic acids is 1. The number of carboxylic acids is 1. The van der Waals surface area contributed by atoms with Gasteiger partial charge in [0.05, 0.1) is 0 Å². The molecule has 0 radical (unpaired) electrons. The Balaban J connectivity index is 2.01. The zero-order valence-corrected chi connectivity index (χ0v) is 10.8. The van der Waals surface area contributed by atoms with Crippen LogP contribution in [0.2, 0.25) is 0 Å². The largest absolute Gasteiger partial charge is 0.481 e. The van der Waals surface area contributed by atoms with Crippen LogP contribution in [0.5, 0.6) is 0 Å². The summed E-state index contributed by atoms with van der Waals surface area (Å²) in [5.41, 5.74) is 0.865. The van der Waals surface area contributed by atoms with Gasteiger partial charge in [0.2, 0.25) is 0 Å². The fourth-order valence-corrected chi connectivity index (χ4v) is 2.40. The van der Waals surface area contributed by atoms with Gasteiger partial charge < -0.3 is 15.3 Å². The first kappa shape index (κ1) is 13.8. The van der Waals surface area contributed by atoms with E-state index in [1.807, 2.05) is 6.07 Å². The van der Waals surface area contributed by atoms with Crippen molar-refractivity contribution < 1.29 is 14.3 Å². The summed E-state index contributed by atoms with van der Waals surface area (Å²) in [6.07, 6.45) is 1.73. The van der Waals surface area contributed by atoms with Crippen molar-refractivity contribution >= 4 is 11.7 Å². The summed E-state index contributed by atoms with van der Waals surface area (Å²) in [4.78, 5) is 12.8. The van der Waals surface area contributed by atoms with Gasteiger partial charge >= 0.3 is 5.97 Å². The summed E-state index contributed by atoms with van der Waals surface area (Å²) in [7, 11) is 0. The third-order valence-electron chi connectivity index (χ3n) is 3.36. The fourth-order valence-electron chi connectivity index (χ4n) is 2.40. The molecule has 1 saturated heterocycles. The SMILES string of the molecule is O=C(O)CCC1CN(c2cccc(F)c2)CCCN1. The quantitative estimate of drug-likeness (QED) is 0.873. The van der Waals surface area contributed by atoms with Gasteiger partial charge in [-0.3, -0.25) is 4.79 Å². The van der Waals surface area contributed by atoms with Crippen LogP contribution >= 0.6 is 0 Å². The Morgan fingerprint density at radius 3 is 3.11 bits per heavy atom. The maximum atomic E-state index is 13.3. The molecule has 1 atom stereocenters. The first-order valence-corrected chi connectivity index (χ1v) is 6.61.